The van der Waals surface area contributed by atoms with Crippen LogP contribution in [0, 0.1) is 5.82 Å². The molecule has 1 aliphatic heterocycles. The van der Waals surface area contributed by atoms with Crippen LogP contribution in [0.1, 0.15) is 18.9 Å². The van der Waals surface area contributed by atoms with Crippen LogP contribution in [0.2, 0.25) is 0 Å². The van der Waals surface area contributed by atoms with E-state index in [9.17, 15) is 4.39 Å². The van der Waals surface area contributed by atoms with Gasteiger partial charge in [0, 0.05) is 17.8 Å². The number of nitrogens with zero attached hydrogens (tertiary/aromatic N) is 4. The SMILES string of the molecule is CSc1ccnc(-c2c(-c3ccc(F)cc3)ncn2C2CCNCC2)n1. The van der Waals surface area contributed by atoms with Crippen molar-refractivity contribution < 1.29 is 4.39 Å². The lowest BCUT2D eigenvalue weighted by Crippen LogP contribution is -2.29. The van der Waals surface area contributed by atoms with Gasteiger partial charge in [0.2, 0.25) is 0 Å². The summed E-state index contributed by atoms with van der Waals surface area (Å²) >= 11 is 1.58. The molecule has 1 fully saturated rings. The highest BCUT2D eigenvalue weighted by Crippen LogP contribution is 2.34. The van der Waals surface area contributed by atoms with Crippen molar-refractivity contribution in [3.05, 3.63) is 48.7 Å². The van der Waals surface area contributed by atoms with Gasteiger partial charge >= 0.3 is 0 Å². The van der Waals surface area contributed by atoms with Crippen molar-refractivity contribution in [2.24, 2.45) is 0 Å². The van der Waals surface area contributed by atoms with Crippen LogP contribution < -0.4 is 5.32 Å². The van der Waals surface area contributed by atoms with E-state index in [-0.39, 0.29) is 5.82 Å². The average molecular weight is 369 g/mol. The second kappa shape index (κ2) is 7.55. The first-order chi connectivity index (χ1) is 12.8. The zero-order valence-corrected chi connectivity index (χ0v) is 15.3. The predicted molar refractivity (Wildman–Crippen MR) is 102 cm³/mol. The summed E-state index contributed by atoms with van der Waals surface area (Å²) in [6.45, 7) is 1.97. The minimum atomic E-state index is -0.256. The topological polar surface area (TPSA) is 55.6 Å². The smallest absolute Gasteiger partial charge is 0.179 e. The fourth-order valence-corrected chi connectivity index (χ4v) is 3.71. The molecule has 1 N–H and O–H groups in total. The van der Waals surface area contributed by atoms with Gasteiger partial charge in [-0.3, -0.25) is 0 Å². The number of thioether (sulfide) groups is 1. The Hall–Kier alpha value is -2.25. The summed E-state index contributed by atoms with van der Waals surface area (Å²) in [5.74, 6) is 0.404. The molecule has 26 heavy (non-hydrogen) atoms. The second-order valence-corrected chi connectivity index (χ2v) is 7.09. The Labute approximate surface area is 156 Å². The van der Waals surface area contributed by atoms with Crippen molar-refractivity contribution >= 4 is 11.8 Å². The molecule has 0 radical (unpaired) electrons. The van der Waals surface area contributed by atoms with Crippen LogP contribution in [-0.2, 0) is 0 Å². The van der Waals surface area contributed by atoms with Crippen LogP contribution in [-0.4, -0.2) is 38.9 Å². The summed E-state index contributed by atoms with van der Waals surface area (Å²) in [4.78, 5) is 13.9. The van der Waals surface area contributed by atoms with E-state index >= 15 is 0 Å². The maximum absolute atomic E-state index is 13.4. The van der Waals surface area contributed by atoms with E-state index in [1.807, 2.05) is 18.6 Å². The Morgan fingerprint density at radius 1 is 1.12 bits per heavy atom. The summed E-state index contributed by atoms with van der Waals surface area (Å²) in [6.07, 6.45) is 7.72. The molecular weight excluding hydrogens is 349 g/mol. The molecule has 0 unspecified atom stereocenters. The van der Waals surface area contributed by atoms with Crippen LogP contribution in [0.5, 0.6) is 0 Å². The number of imidazole rings is 1. The highest BCUT2D eigenvalue weighted by atomic mass is 32.2. The molecule has 7 heteroatoms. The molecule has 0 spiro atoms. The number of rotatable bonds is 4. The van der Waals surface area contributed by atoms with Gasteiger partial charge in [0.05, 0.1) is 17.0 Å². The zero-order valence-electron chi connectivity index (χ0n) is 14.5. The van der Waals surface area contributed by atoms with Crippen molar-refractivity contribution in [2.45, 2.75) is 23.9 Å². The van der Waals surface area contributed by atoms with Crippen molar-refractivity contribution in [1.29, 1.82) is 0 Å². The van der Waals surface area contributed by atoms with E-state index < -0.39 is 0 Å². The normalized spacial score (nSPS) is 15.3. The quantitative estimate of drug-likeness (QED) is 0.560. The molecule has 2 aromatic heterocycles. The first-order valence-electron chi connectivity index (χ1n) is 8.67. The van der Waals surface area contributed by atoms with Crippen LogP contribution >= 0.6 is 11.8 Å². The third kappa shape index (κ3) is 3.37. The minimum absolute atomic E-state index is 0.256. The minimum Gasteiger partial charge on any atom is -0.324 e. The summed E-state index contributed by atoms with van der Waals surface area (Å²) in [6, 6.07) is 8.69. The Balaban J connectivity index is 1.86. The third-order valence-electron chi connectivity index (χ3n) is 4.66. The molecule has 1 saturated heterocycles. The molecule has 0 atom stereocenters. The van der Waals surface area contributed by atoms with Crippen molar-refractivity contribution in [1.82, 2.24) is 24.8 Å². The van der Waals surface area contributed by atoms with Crippen molar-refractivity contribution in [2.75, 3.05) is 19.3 Å². The van der Waals surface area contributed by atoms with Gasteiger partial charge in [0.15, 0.2) is 5.82 Å². The van der Waals surface area contributed by atoms with E-state index in [4.69, 9.17) is 4.98 Å². The van der Waals surface area contributed by atoms with Crippen LogP contribution in [0.25, 0.3) is 22.8 Å². The number of nitrogens with one attached hydrogen (secondary N) is 1. The molecule has 0 bridgehead atoms. The first kappa shape index (κ1) is 17.2. The fraction of sp³-hybridized carbons (Fsp3) is 0.316. The molecule has 0 amide bonds. The number of aromatic nitrogens is 4. The Morgan fingerprint density at radius 2 is 1.88 bits per heavy atom. The van der Waals surface area contributed by atoms with E-state index in [1.54, 1.807) is 30.1 Å². The zero-order chi connectivity index (χ0) is 17.9. The predicted octanol–water partition coefficient (Wildman–Crippen LogP) is 3.79. The number of piperidine rings is 1. The molecular formula is C19H20FN5S. The van der Waals surface area contributed by atoms with Crippen LogP contribution in [0.4, 0.5) is 4.39 Å². The maximum Gasteiger partial charge on any atom is 0.179 e. The van der Waals surface area contributed by atoms with Crippen LogP contribution in [0.15, 0.2) is 47.9 Å². The lowest BCUT2D eigenvalue weighted by Gasteiger charge is -2.25. The summed E-state index contributed by atoms with van der Waals surface area (Å²) in [7, 11) is 0. The Kier molecular flexibility index (Phi) is 4.99. The lowest BCUT2D eigenvalue weighted by atomic mass is 10.0. The fourth-order valence-electron chi connectivity index (χ4n) is 3.33. The molecule has 0 aliphatic carbocycles. The Bertz CT molecular complexity index is 887. The van der Waals surface area contributed by atoms with Gasteiger partial charge < -0.3 is 9.88 Å². The lowest BCUT2D eigenvalue weighted by molar-refractivity contribution is 0.370. The van der Waals surface area contributed by atoms with Gasteiger partial charge in [-0.2, -0.15) is 0 Å². The summed E-state index contributed by atoms with van der Waals surface area (Å²) in [5.41, 5.74) is 2.56. The largest absolute Gasteiger partial charge is 0.324 e. The molecule has 0 saturated carbocycles. The molecule has 5 nitrogen and oxygen atoms in total. The molecule has 1 aliphatic rings. The highest BCUT2D eigenvalue weighted by molar-refractivity contribution is 7.98. The van der Waals surface area contributed by atoms with Crippen molar-refractivity contribution in [3.63, 3.8) is 0 Å². The number of hydrogen-bond donors (Lipinski definition) is 1. The van der Waals surface area contributed by atoms with Gasteiger partial charge in [0.25, 0.3) is 0 Å². The van der Waals surface area contributed by atoms with Gasteiger partial charge in [-0.05, 0) is 62.5 Å². The summed E-state index contributed by atoms with van der Waals surface area (Å²) in [5, 5.41) is 4.31. The van der Waals surface area contributed by atoms with E-state index in [0.717, 1.165) is 47.9 Å². The highest BCUT2D eigenvalue weighted by Gasteiger charge is 2.24. The first-order valence-corrected chi connectivity index (χ1v) is 9.89. The van der Waals surface area contributed by atoms with Gasteiger partial charge in [-0.1, -0.05) is 0 Å². The van der Waals surface area contributed by atoms with E-state index in [0.29, 0.717) is 11.9 Å². The van der Waals surface area contributed by atoms with Crippen LogP contribution in [0.3, 0.4) is 0 Å². The molecule has 1 aromatic carbocycles. The second-order valence-electron chi connectivity index (χ2n) is 6.26. The van der Waals surface area contributed by atoms with Gasteiger partial charge in [-0.15, -0.1) is 11.8 Å². The number of hydrogen-bond acceptors (Lipinski definition) is 5. The average Bonchev–Trinajstić information content (AvgIpc) is 3.14. The molecule has 3 heterocycles. The summed E-state index contributed by atoms with van der Waals surface area (Å²) < 4.78 is 15.6. The third-order valence-corrected chi connectivity index (χ3v) is 5.31. The van der Waals surface area contributed by atoms with E-state index in [1.165, 1.54) is 12.1 Å². The Morgan fingerprint density at radius 3 is 2.62 bits per heavy atom. The van der Waals surface area contributed by atoms with E-state index in [2.05, 4.69) is 19.9 Å². The molecule has 134 valence electrons. The van der Waals surface area contributed by atoms with Crippen molar-refractivity contribution in [3.8, 4) is 22.8 Å². The van der Waals surface area contributed by atoms with Gasteiger partial charge in [0.1, 0.15) is 11.5 Å². The van der Waals surface area contributed by atoms with Gasteiger partial charge in [-0.25, -0.2) is 19.3 Å². The number of benzene rings is 1. The standard InChI is InChI=1S/C19H20FN5S/c1-26-16-8-11-22-19(24-16)18-17(13-2-4-14(20)5-3-13)23-12-25(18)15-6-9-21-10-7-15/h2-5,8,11-12,15,21H,6-7,9-10H2,1H3. The molecule has 4 rings (SSSR count). The monoisotopic (exact) mass is 369 g/mol. The maximum atomic E-state index is 13.4. The number of halogens is 1. The molecule has 3 aromatic rings.